The molecular formula is C35H70O4. The predicted octanol–water partition coefficient (Wildman–Crippen LogP) is 10.4. The molecule has 1 rings (SSSR count). The Morgan fingerprint density at radius 3 is 1.92 bits per heavy atom. The fourth-order valence-corrected chi connectivity index (χ4v) is 6.17. The van der Waals surface area contributed by atoms with Crippen molar-refractivity contribution in [3.05, 3.63) is 0 Å². The molecule has 0 N–H and O–H groups in total. The SMILES string of the molecule is CCCCCCCCC(C)(C)CC(C)OC(C)(C)CC(COC1CCCCC1)OC(C)(C)CCOC(C)(C)C. The van der Waals surface area contributed by atoms with E-state index >= 15 is 0 Å². The highest BCUT2D eigenvalue weighted by atomic mass is 16.6. The lowest BCUT2D eigenvalue weighted by molar-refractivity contribution is -0.163. The quantitative estimate of drug-likeness (QED) is 0.132. The minimum absolute atomic E-state index is 0.00473. The predicted molar refractivity (Wildman–Crippen MR) is 168 cm³/mol. The third-order valence-electron chi connectivity index (χ3n) is 8.08. The molecule has 39 heavy (non-hydrogen) atoms. The van der Waals surface area contributed by atoms with Gasteiger partial charge in [0.2, 0.25) is 0 Å². The lowest BCUT2D eigenvalue weighted by Crippen LogP contribution is -2.42. The standard InChI is InChI=1S/C35H70O4/c1-12-13-14-15-16-20-23-33(6,7)26-29(2)38-35(10,11)27-31(28-36-30-21-18-17-19-22-30)39-34(8,9)24-25-37-32(3,4)5/h29-31H,12-28H2,1-11H3. The van der Waals surface area contributed by atoms with Crippen molar-refractivity contribution in [2.75, 3.05) is 13.2 Å². The number of hydrogen-bond acceptors (Lipinski definition) is 4. The summed E-state index contributed by atoms with van der Waals surface area (Å²) in [6.45, 7) is 25.9. The molecular weight excluding hydrogens is 484 g/mol. The second-order valence-electron chi connectivity index (χ2n) is 15.6. The zero-order chi connectivity index (χ0) is 29.6. The zero-order valence-corrected chi connectivity index (χ0v) is 28.4. The van der Waals surface area contributed by atoms with E-state index in [4.69, 9.17) is 18.9 Å². The average Bonchev–Trinajstić information content (AvgIpc) is 2.78. The summed E-state index contributed by atoms with van der Waals surface area (Å²) in [4.78, 5) is 0. The Kier molecular flexibility index (Phi) is 16.7. The zero-order valence-electron chi connectivity index (χ0n) is 28.4. The van der Waals surface area contributed by atoms with E-state index < -0.39 is 0 Å². The Morgan fingerprint density at radius 2 is 1.31 bits per heavy atom. The highest BCUT2D eigenvalue weighted by molar-refractivity contribution is 4.82. The van der Waals surface area contributed by atoms with Crippen LogP contribution in [0, 0.1) is 5.41 Å². The van der Waals surface area contributed by atoms with Crippen LogP contribution in [0.4, 0.5) is 0 Å². The maximum atomic E-state index is 6.77. The molecule has 0 aromatic rings. The van der Waals surface area contributed by atoms with Gasteiger partial charge in [-0.3, -0.25) is 0 Å². The highest BCUT2D eigenvalue weighted by Gasteiger charge is 2.33. The van der Waals surface area contributed by atoms with Crippen molar-refractivity contribution < 1.29 is 18.9 Å². The summed E-state index contributed by atoms with van der Waals surface area (Å²) in [7, 11) is 0. The first-order chi connectivity index (χ1) is 18.0. The average molecular weight is 555 g/mol. The molecule has 0 bridgehead atoms. The van der Waals surface area contributed by atoms with E-state index in [1.807, 2.05) is 0 Å². The van der Waals surface area contributed by atoms with Crippen molar-refractivity contribution in [1.29, 1.82) is 0 Å². The van der Waals surface area contributed by atoms with Gasteiger partial charge >= 0.3 is 0 Å². The van der Waals surface area contributed by atoms with Crippen LogP contribution in [0.2, 0.25) is 0 Å². The van der Waals surface area contributed by atoms with Gasteiger partial charge in [0.1, 0.15) is 0 Å². The molecule has 234 valence electrons. The van der Waals surface area contributed by atoms with Gasteiger partial charge in [0.25, 0.3) is 0 Å². The van der Waals surface area contributed by atoms with Gasteiger partial charge in [-0.1, -0.05) is 78.6 Å². The van der Waals surface area contributed by atoms with Crippen molar-refractivity contribution in [2.45, 2.75) is 208 Å². The molecule has 1 fully saturated rings. The van der Waals surface area contributed by atoms with E-state index in [2.05, 4.69) is 76.2 Å². The van der Waals surface area contributed by atoms with Gasteiger partial charge in [-0.25, -0.2) is 0 Å². The van der Waals surface area contributed by atoms with Crippen LogP contribution in [-0.4, -0.2) is 48.3 Å². The Morgan fingerprint density at radius 1 is 0.692 bits per heavy atom. The molecule has 0 aromatic carbocycles. The molecule has 0 aromatic heterocycles. The molecule has 2 unspecified atom stereocenters. The maximum Gasteiger partial charge on any atom is 0.0843 e. The summed E-state index contributed by atoms with van der Waals surface area (Å²) in [5.41, 5.74) is -0.398. The van der Waals surface area contributed by atoms with Gasteiger partial charge in [0, 0.05) is 13.0 Å². The molecule has 0 amide bonds. The van der Waals surface area contributed by atoms with E-state index in [-0.39, 0.29) is 29.0 Å². The van der Waals surface area contributed by atoms with Gasteiger partial charge in [-0.15, -0.1) is 0 Å². The summed E-state index contributed by atoms with van der Waals surface area (Å²) >= 11 is 0. The first-order valence-corrected chi connectivity index (χ1v) is 16.6. The van der Waals surface area contributed by atoms with Gasteiger partial charge in [0.05, 0.1) is 41.7 Å². The first-order valence-electron chi connectivity index (χ1n) is 16.6. The smallest absolute Gasteiger partial charge is 0.0843 e. The Bertz CT molecular complexity index is 613. The van der Waals surface area contributed by atoms with Crippen LogP contribution in [-0.2, 0) is 18.9 Å². The van der Waals surface area contributed by atoms with Crippen LogP contribution in [0.15, 0.2) is 0 Å². The third kappa shape index (κ3) is 19.6. The van der Waals surface area contributed by atoms with Crippen molar-refractivity contribution in [3.8, 4) is 0 Å². The van der Waals surface area contributed by atoms with E-state index in [0.717, 1.165) is 19.3 Å². The summed E-state index contributed by atoms with van der Waals surface area (Å²) in [6.07, 6.45) is 19.1. The second kappa shape index (κ2) is 17.7. The van der Waals surface area contributed by atoms with E-state index in [0.29, 0.717) is 24.7 Å². The Hall–Kier alpha value is -0.160. The Labute approximate surface area is 245 Å². The minimum atomic E-state index is -0.285. The maximum absolute atomic E-state index is 6.77. The van der Waals surface area contributed by atoms with Crippen LogP contribution in [0.25, 0.3) is 0 Å². The molecule has 1 aliphatic rings. The molecule has 1 saturated carbocycles. The van der Waals surface area contributed by atoms with Crippen LogP contribution in [0.1, 0.15) is 172 Å². The van der Waals surface area contributed by atoms with E-state index in [9.17, 15) is 0 Å². The molecule has 1 aliphatic carbocycles. The van der Waals surface area contributed by atoms with Crippen LogP contribution in [0.3, 0.4) is 0 Å². The molecule has 0 radical (unpaired) electrons. The van der Waals surface area contributed by atoms with Gasteiger partial charge in [-0.2, -0.15) is 0 Å². The van der Waals surface area contributed by atoms with Gasteiger partial charge < -0.3 is 18.9 Å². The van der Waals surface area contributed by atoms with Gasteiger partial charge in [0.15, 0.2) is 0 Å². The molecule has 0 spiro atoms. The number of hydrogen-bond donors (Lipinski definition) is 0. The third-order valence-corrected chi connectivity index (χ3v) is 8.08. The van der Waals surface area contributed by atoms with Crippen LogP contribution in [0.5, 0.6) is 0 Å². The largest absolute Gasteiger partial charge is 0.376 e. The second-order valence-corrected chi connectivity index (χ2v) is 15.6. The summed E-state index contributed by atoms with van der Waals surface area (Å²) in [6, 6.07) is 0. The van der Waals surface area contributed by atoms with Gasteiger partial charge in [-0.05, 0) is 92.9 Å². The molecule has 2 atom stereocenters. The highest BCUT2D eigenvalue weighted by Crippen LogP contribution is 2.33. The molecule has 0 saturated heterocycles. The normalized spacial score (nSPS) is 17.9. The fourth-order valence-electron chi connectivity index (χ4n) is 6.17. The Balaban J connectivity index is 2.68. The fraction of sp³-hybridized carbons (Fsp3) is 1.00. The van der Waals surface area contributed by atoms with Crippen molar-refractivity contribution in [2.24, 2.45) is 5.41 Å². The molecule has 0 aliphatic heterocycles. The number of ether oxygens (including phenoxy) is 4. The van der Waals surface area contributed by atoms with Crippen molar-refractivity contribution >= 4 is 0 Å². The lowest BCUT2D eigenvalue weighted by Gasteiger charge is -2.39. The van der Waals surface area contributed by atoms with Crippen molar-refractivity contribution in [1.82, 2.24) is 0 Å². The number of unbranched alkanes of at least 4 members (excludes halogenated alkanes) is 5. The topological polar surface area (TPSA) is 36.9 Å². The summed E-state index contributed by atoms with van der Waals surface area (Å²) < 4.78 is 26.0. The van der Waals surface area contributed by atoms with E-state index in [1.54, 1.807) is 0 Å². The van der Waals surface area contributed by atoms with E-state index in [1.165, 1.54) is 77.0 Å². The van der Waals surface area contributed by atoms with Crippen molar-refractivity contribution in [3.63, 3.8) is 0 Å². The molecule has 4 nitrogen and oxygen atoms in total. The summed E-state index contributed by atoms with van der Waals surface area (Å²) in [5, 5.41) is 0. The monoisotopic (exact) mass is 555 g/mol. The van der Waals surface area contributed by atoms with Crippen LogP contribution < -0.4 is 0 Å². The number of rotatable bonds is 21. The first kappa shape index (κ1) is 36.9. The summed E-state index contributed by atoms with van der Waals surface area (Å²) in [5.74, 6) is 0. The minimum Gasteiger partial charge on any atom is -0.376 e. The molecule has 4 heteroatoms. The van der Waals surface area contributed by atoms with Crippen LogP contribution >= 0.6 is 0 Å². The lowest BCUT2D eigenvalue weighted by atomic mass is 9.81. The molecule has 0 heterocycles.